The van der Waals surface area contributed by atoms with E-state index in [4.69, 9.17) is 16.3 Å². The molecule has 0 saturated carbocycles. The van der Waals surface area contributed by atoms with Gasteiger partial charge < -0.3 is 10.1 Å². The van der Waals surface area contributed by atoms with E-state index < -0.39 is 18.5 Å². The van der Waals surface area contributed by atoms with Gasteiger partial charge in [0.05, 0.1) is 18.3 Å². The molecule has 0 atom stereocenters. The molecule has 0 aliphatic carbocycles. The van der Waals surface area contributed by atoms with Gasteiger partial charge in [0.1, 0.15) is 17.9 Å². The number of carbonyl (C=O) groups is 2. The second kappa shape index (κ2) is 8.75. The highest BCUT2D eigenvalue weighted by molar-refractivity contribution is 6.31. The van der Waals surface area contributed by atoms with Crippen molar-refractivity contribution in [3.05, 3.63) is 71.4 Å². The number of fused-ring (bicyclic) bond motifs is 1. The lowest BCUT2D eigenvalue weighted by atomic mass is 10.2. The Bertz CT molecular complexity index is 1200. The van der Waals surface area contributed by atoms with E-state index in [1.165, 1.54) is 4.68 Å². The number of benzene rings is 2. The van der Waals surface area contributed by atoms with Crippen LogP contribution in [0.15, 0.2) is 60.8 Å². The third-order valence-electron chi connectivity index (χ3n) is 4.33. The topological polar surface area (TPSA) is 104 Å². The molecule has 0 saturated heterocycles. The van der Waals surface area contributed by atoms with Crippen molar-refractivity contribution in [2.75, 3.05) is 11.9 Å². The maximum Gasteiger partial charge on any atom is 0.328 e. The van der Waals surface area contributed by atoms with Crippen LogP contribution in [0.25, 0.3) is 11.0 Å². The highest BCUT2D eigenvalue weighted by Crippen LogP contribution is 2.18. The molecule has 1 N–H and O–H groups in total. The number of carbonyl (C=O) groups excluding carboxylic acids is 2. The number of anilines is 1. The molecule has 1 amide bonds. The van der Waals surface area contributed by atoms with Gasteiger partial charge in [0.15, 0.2) is 6.61 Å². The van der Waals surface area contributed by atoms with Gasteiger partial charge >= 0.3 is 5.97 Å². The van der Waals surface area contributed by atoms with Crippen molar-refractivity contribution < 1.29 is 14.3 Å². The fourth-order valence-corrected chi connectivity index (χ4v) is 3.08. The SMILES string of the molecule is O=C(COC(=O)Cn1nnc2ccccc21)Nc1ccnn1Cc1ccccc1Cl. The fraction of sp³-hybridized carbons (Fsp3) is 0.150. The predicted molar refractivity (Wildman–Crippen MR) is 110 cm³/mol. The molecule has 4 aromatic rings. The van der Waals surface area contributed by atoms with Crippen LogP contribution in [0.2, 0.25) is 5.02 Å². The van der Waals surface area contributed by atoms with Crippen LogP contribution in [0, 0.1) is 0 Å². The van der Waals surface area contributed by atoms with Gasteiger partial charge in [0.25, 0.3) is 5.91 Å². The summed E-state index contributed by atoms with van der Waals surface area (Å²) in [7, 11) is 0. The van der Waals surface area contributed by atoms with E-state index in [9.17, 15) is 9.59 Å². The van der Waals surface area contributed by atoms with Crippen molar-refractivity contribution in [1.29, 1.82) is 0 Å². The van der Waals surface area contributed by atoms with Crippen LogP contribution in [0.3, 0.4) is 0 Å². The smallest absolute Gasteiger partial charge is 0.328 e. The molecule has 30 heavy (non-hydrogen) atoms. The summed E-state index contributed by atoms with van der Waals surface area (Å²) in [5.74, 6) is -0.601. The Hall–Kier alpha value is -3.72. The number of aromatic nitrogens is 5. The van der Waals surface area contributed by atoms with Crippen LogP contribution < -0.4 is 5.32 Å². The van der Waals surface area contributed by atoms with E-state index in [0.29, 0.717) is 28.4 Å². The minimum absolute atomic E-state index is 0.141. The molecule has 152 valence electrons. The van der Waals surface area contributed by atoms with Crippen LogP contribution in [-0.2, 0) is 27.4 Å². The van der Waals surface area contributed by atoms with Crippen molar-refractivity contribution in [3.63, 3.8) is 0 Å². The standard InChI is InChI=1S/C20H17ClN6O3/c21-15-6-2-1-5-14(15)11-27-18(9-10-22-27)23-19(28)13-30-20(29)12-26-17-8-4-3-7-16(17)24-25-26/h1-10H,11-13H2,(H,23,28). The average Bonchev–Trinajstić information content (AvgIpc) is 3.35. The van der Waals surface area contributed by atoms with Gasteiger partial charge in [0, 0.05) is 11.1 Å². The lowest BCUT2D eigenvalue weighted by Gasteiger charge is -2.10. The zero-order chi connectivity index (χ0) is 20.9. The Morgan fingerprint density at radius 3 is 2.70 bits per heavy atom. The number of rotatable bonds is 7. The lowest BCUT2D eigenvalue weighted by molar-refractivity contribution is -0.148. The maximum absolute atomic E-state index is 12.2. The first kappa shape index (κ1) is 19.6. The van der Waals surface area contributed by atoms with E-state index in [0.717, 1.165) is 5.56 Å². The van der Waals surface area contributed by atoms with Gasteiger partial charge in [0.2, 0.25) is 0 Å². The molecular weight excluding hydrogens is 408 g/mol. The molecular formula is C20H17ClN6O3. The highest BCUT2D eigenvalue weighted by Gasteiger charge is 2.13. The van der Waals surface area contributed by atoms with Gasteiger partial charge in [-0.3, -0.25) is 9.59 Å². The fourth-order valence-electron chi connectivity index (χ4n) is 2.88. The molecule has 2 aromatic carbocycles. The average molecular weight is 425 g/mol. The number of nitrogens with one attached hydrogen (secondary N) is 1. The molecule has 10 heteroatoms. The monoisotopic (exact) mass is 424 g/mol. The minimum Gasteiger partial charge on any atom is -0.454 e. The summed E-state index contributed by atoms with van der Waals surface area (Å²) in [4.78, 5) is 24.3. The highest BCUT2D eigenvalue weighted by atomic mass is 35.5. The summed E-state index contributed by atoms with van der Waals surface area (Å²) >= 11 is 6.18. The second-order valence-corrected chi connectivity index (χ2v) is 6.82. The van der Waals surface area contributed by atoms with Gasteiger partial charge in [-0.2, -0.15) is 5.10 Å². The Morgan fingerprint density at radius 1 is 1.03 bits per heavy atom. The van der Waals surface area contributed by atoms with Gasteiger partial charge in [-0.1, -0.05) is 47.1 Å². The summed E-state index contributed by atoms with van der Waals surface area (Å²) in [6.45, 7) is -0.178. The Labute approximate surface area is 176 Å². The van der Waals surface area contributed by atoms with E-state index in [1.807, 2.05) is 30.3 Å². The zero-order valence-corrected chi connectivity index (χ0v) is 16.5. The van der Waals surface area contributed by atoms with Crippen LogP contribution >= 0.6 is 11.6 Å². The van der Waals surface area contributed by atoms with Crippen LogP contribution in [0.5, 0.6) is 0 Å². The Balaban J connectivity index is 1.32. The summed E-state index contributed by atoms with van der Waals surface area (Å²) in [6.07, 6.45) is 1.56. The third kappa shape index (κ3) is 4.47. The molecule has 0 unspecified atom stereocenters. The van der Waals surface area contributed by atoms with E-state index in [1.54, 1.807) is 35.1 Å². The number of amides is 1. The lowest BCUT2D eigenvalue weighted by Crippen LogP contribution is -2.24. The minimum atomic E-state index is -0.592. The van der Waals surface area contributed by atoms with Crippen molar-refractivity contribution in [1.82, 2.24) is 24.8 Å². The van der Waals surface area contributed by atoms with Crippen molar-refractivity contribution in [2.24, 2.45) is 0 Å². The normalized spacial score (nSPS) is 10.8. The van der Waals surface area contributed by atoms with E-state index in [-0.39, 0.29) is 6.54 Å². The van der Waals surface area contributed by atoms with Crippen LogP contribution in [0.4, 0.5) is 5.82 Å². The largest absolute Gasteiger partial charge is 0.454 e. The maximum atomic E-state index is 12.2. The van der Waals surface area contributed by atoms with Gasteiger partial charge in [-0.15, -0.1) is 5.10 Å². The molecule has 0 aliphatic heterocycles. The number of esters is 1. The summed E-state index contributed by atoms with van der Waals surface area (Å²) in [5, 5.41) is 15.4. The van der Waals surface area contributed by atoms with Crippen LogP contribution in [0.1, 0.15) is 5.56 Å². The number of halogens is 1. The quantitative estimate of drug-likeness (QED) is 0.457. The summed E-state index contributed by atoms with van der Waals surface area (Å²) < 4.78 is 8.09. The van der Waals surface area contributed by atoms with Crippen molar-refractivity contribution in [2.45, 2.75) is 13.1 Å². The van der Waals surface area contributed by atoms with Gasteiger partial charge in [-0.05, 0) is 23.8 Å². The number of hydrogen-bond acceptors (Lipinski definition) is 6. The Kier molecular flexibility index (Phi) is 5.71. The van der Waals surface area contributed by atoms with Crippen LogP contribution in [-0.4, -0.2) is 43.3 Å². The van der Waals surface area contributed by atoms with E-state index >= 15 is 0 Å². The molecule has 0 fully saturated rings. The molecule has 9 nitrogen and oxygen atoms in total. The first-order valence-corrected chi connectivity index (χ1v) is 9.47. The number of hydrogen-bond donors (Lipinski definition) is 1. The van der Waals surface area contributed by atoms with E-state index in [2.05, 4.69) is 20.7 Å². The molecule has 0 radical (unpaired) electrons. The molecule has 0 spiro atoms. The molecule has 0 bridgehead atoms. The van der Waals surface area contributed by atoms with Gasteiger partial charge in [-0.25, -0.2) is 9.36 Å². The number of ether oxygens (including phenoxy) is 1. The summed E-state index contributed by atoms with van der Waals surface area (Å²) in [5.41, 5.74) is 2.25. The number of para-hydroxylation sites is 1. The Morgan fingerprint density at radius 2 is 1.83 bits per heavy atom. The summed E-state index contributed by atoms with van der Waals surface area (Å²) in [6, 6.07) is 16.3. The molecule has 2 aromatic heterocycles. The molecule has 2 heterocycles. The van der Waals surface area contributed by atoms with Crippen molar-refractivity contribution >= 4 is 40.3 Å². The third-order valence-corrected chi connectivity index (χ3v) is 4.69. The first-order chi connectivity index (χ1) is 14.6. The van der Waals surface area contributed by atoms with Crippen molar-refractivity contribution in [3.8, 4) is 0 Å². The molecule has 0 aliphatic rings. The number of nitrogens with zero attached hydrogens (tertiary/aromatic N) is 5. The second-order valence-electron chi connectivity index (χ2n) is 6.41. The predicted octanol–water partition coefficient (Wildman–Crippen LogP) is 2.51. The first-order valence-electron chi connectivity index (χ1n) is 9.09. The molecule has 4 rings (SSSR count). The zero-order valence-electron chi connectivity index (χ0n) is 15.7.